The highest BCUT2D eigenvalue weighted by Gasteiger charge is 2.34. The third-order valence-electron chi connectivity index (χ3n) is 6.93. The van der Waals surface area contributed by atoms with E-state index in [0.29, 0.717) is 72.3 Å². The normalized spacial score (nSPS) is 15.8. The number of anilines is 1. The standard InChI is InChI=1S/C29H30ClN5O6/c1-3-39-27-7-5-4-6-25(27)34-29(31-24-18-22(35(37)38)10-13-26(24)41-34)20(2)32-14-16-33(17-15-32)28(36)19-40-23-11-8-21(30)9-12-23/h4-13,18,20H,3,14-17,19H2,1-2H3. The van der Waals surface area contributed by atoms with Gasteiger partial charge in [-0.05, 0) is 56.3 Å². The molecule has 2 aliphatic heterocycles. The van der Waals surface area contributed by atoms with Crippen LogP contribution in [-0.2, 0) is 4.79 Å². The Bertz CT molecular complexity index is 1440. The molecule has 1 amide bonds. The van der Waals surface area contributed by atoms with Gasteiger partial charge in [0.15, 0.2) is 18.2 Å². The number of halogens is 1. The molecule has 0 N–H and O–H groups in total. The van der Waals surface area contributed by atoms with Gasteiger partial charge in [0, 0.05) is 43.3 Å². The van der Waals surface area contributed by atoms with E-state index < -0.39 is 4.92 Å². The minimum absolute atomic E-state index is 0.0602. The Hall–Kier alpha value is -4.35. The average Bonchev–Trinajstić information content (AvgIpc) is 3.00. The van der Waals surface area contributed by atoms with Crippen LogP contribution in [-0.4, -0.2) is 71.9 Å². The van der Waals surface area contributed by atoms with Crippen molar-refractivity contribution in [1.29, 1.82) is 0 Å². The highest BCUT2D eigenvalue weighted by atomic mass is 35.5. The van der Waals surface area contributed by atoms with E-state index in [-0.39, 0.29) is 24.2 Å². The smallest absolute Gasteiger partial charge is 0.271 e. The SMILES string of the molecule is CCOc1ccccc1N1Oc2ccc([N+](=O)[O-])cc2N=C1C(C)N1CCN(C(=O)COc2ccc(Cl)cc2)CC1. The van der Waals surface area contributed by atoms with E-state index in [4.69, 9.17) is 30.9 Å². The van der Waals surface area contributed by atoms with Gasteiger partial charge in [0.2, 0.25) is 0 Å². The second-order valence-corrected chi connectivity index (χ2v) is 9.94. The number of hydroxylamine groups is 1. The maximum Gasteiger partial charge on any atom is 0.271 e. The molecule has 3 aromatic carbocycles. The van der Waals surface area contributed by atoms with Crippen LogP contribution in [0, 0.1) is 10.1 Å². The summed E-state index contributed by atoms with van der Waals surface area (Å²) in [7, 11) is 0. The van der Waals surface area contributed by atoms with Crippen molar-refractivity contribution in [2.75, 3.05) is 44.5 Å². The molecule has 12 heteroatoms. The first-order chi connectivity index (χ1) is 19.8. The van der Waals surface area contributed by atoms with Gasteiger partial charge in [-0.1, -0.05) is 23.7 Å². The van der Waals surface area contributed by atoms with Gasteiger partial charge in [0.25, 0.3) is 11.6 Å². The predicted octanol–water partition coefficient (Wildman–Crippen LogP) is 5.10. The Kier molecular flexibility index (Phi) is 8.55. The molecule has 2 heterocycles. The number of nitro benzene ring substituents is 1. The van der Waals surface area contributed by atoms with Crippen molar-refractivity contribution in [3.63, 3.8) is 0 Å². The first kappa shape index (κ1) is 28.2. The van der Waals surface area contributed by atoms with Crippen molar-refractivity contribution in [3.05, 3.63) is 81.9 Å². The Morgan fingerprint density at radius 2 is 1.80 bits per heavy atom. The summed E-state index contributed by atoms with van der Waals surface area (Å²) in [6, 6.07) is 18.5. The summed E-state index contributed by atoms with van der Waals surface area (Å²) in [4.78, 5) is 38.9. The van der Waals surface area contributed by atoms with Gasteiger partial charge in [0.1, 0.15) is 22.9 Å². The Balaban J connectivity index is 1.33. The number of benzene rings is 3. The topological polar surface area (TPSA) is 110 Å². The van der Waals surface area contributed by atoms with Gasteiger partial charge < -0.3 is 19.2 Å². The van der Waals surface area contributed by atoms with Crippen LogP contribution in [0.4, 0.5) is 17.1 Å². The van der Waals surface area contributed by atoms with Crippen molar-refractivity contribution in [2.45, 2.75) is 19.9 Å². The molecule has 11 nitrogen and oxygen atoms in total. The molecule has 2 aliphatic rings. The van der Waals surface area contributed by atoms with Crippen LogP contribution in [0.15, 0.2) is 71.7 Å². The number of para-hydroxylation sites is 2. The minimum Gasteiger partial charge on any atom is -0.492 e. The van der Waals surface area contributed by atoms with Crippen LogP contribution < -0.4 is 19.4 Å². The molecule has 1 unspecified atom stereocenters. The monoisotopic (exact) mass is 579 g/mol. The van der Waals surface area contributed by atoms with E-state index in [9.17, 15) is 14.9 Å². The van der Waals surface area contributed by atoms with E-state index in [1.54, 1.807) is 40.3 Å². The number of aliphatic imine (C=N–C) groups is 1. The molecule has 3 aromatic rings. The van der Waals surface area contributed by atoms with Crippen LogP contribution in [0.3, 0.4) is 0 Å². The van der Waals surface area contributed by atoms with Crippen molar-refractivity contribution in [1.82, 2.24) is 9.80 Å². The Morgan fingerprint density at radius 1 is 1.07 bits per heavy atom. The number of non-ortho nitro benzene ring substituents is 1. The Morgan fingerprint density at radius 3 is 2.51 bits per heavy atom. The van der Waals surface area contributed by atoms with Gasteiger partial charge in [-0.2, -0.15) is 5.06 Å². The zero-order valence-corrected chi connectivity index (χ0v) is 23.5. The highest BCUT2D eigenvalue weighted by molar-refractivity contribution is 6.30. The maximum atomic E-state index is 12.8. The number of nitrogens with zero attached hydrogens (tertiary/aromatic N) is 5. The summed E-state index contributed by atoms with van der Waals surface area (Å²) in [5.74, 6) is 2.05. The number of amidine groups is 1. The van der Waals surface area contributed by atoms with Crippen molar-refractivity contribution >= 4 is 40.4 Å². The van der Waals surface area contributed by atoms with Crippen LogP contribution in [0.2, 0.25) is 5.02 Å². The molecule has 0 aliphatic carbocycles. The molecule has 0 aromatic heterocycles. The fourth-order valence-electron chi connectivity index (χ4n) is 4.73. The molecule has 1 fully saturated rings. The Labute approximate surface area is 242 Å². The summed E-state index contributed by atoms with van der Waals surface area (Å²) in [5, 5.41) is 13.6. The summed E-state index contributed by atoms with van der Waals surface area (Å²) >= 11 is 5.91. The van der Waals surface area contributed by atoms with Crippen molar-refractivity contribution in [2.24, 2.45) is 4.99 Å². The third kappa shape index (κ3) is 6.36. The zero-order chi connectivity index (χ0) is 28.9. The molecule has 0 bridgehead atoms. The number of carbonyl (C=O) groups excluding carboxylic acids is 1. The first-order valence-corrected chi connectivity index (χ1v) is 13.7. The quantitative estimate of drug-likeness (QED) is 0.254. The number of hydrogen-bond donors (Lipinski definition) is 0. The lowest BCUT2D eigenvalue weighted by atomic mass is 10.1. The number of ether oxygens (including phenoxy) is 2. The summed E-state index contributed by atoms with van der Waals surface area (Å²) in [5.41, 5.74) is 0.968. The lowest BCUT2D eigenvalue weighted by Crippen LogP contribution is -2.57. The molecular weight excluding hydrogens is 550 g/mol. The van der Waals surface area contributed by atoms with E-state index in [1.807, 2.05) is 38.1 Å². The molecule has 0 spiro atoms. The van der Waals surface area contributed by atoms with Crippen molar-refractivity contribution < 1.29 is 24.0 Å². The molecule has 214 valence electrons. The van der Waals surface area contributed by atoms with Gasteiger partial charge >= 0.3 is 0 Å². The lowest BCUT2D eigenvalue weighted by Gasteiger charge is -2.41. The number of nitro groups is 1. The van der Waals surface area contributed by atoms with Crippen LogP contribution in [0.25, 0.3) is 0 Å². The minimum atomic E-state index is -0.456. The molecule has 41 heavy (non-hydrogen) atoms. The van der Waals surface area contributed by atoms with Gasteiger partial charge in [-0.25, -0.2) is 4.99 Å². The maximum absolute atomic E-state index is 12.8. The first-order valence-electron chi connectivity index (χ1n) is 13.3. The molecule has 1 saturated heterocycles. The van der Waals surface area contributed by atoms with Gasteiger partial charge in [-0.3, -0.25) is 19.8 Å². The number of piperazine rings is 1. The highest BCUT2D eigenvalue weighted by Crippen LogP contribution is 2.40. The van der Waals surface area contributed by atoms with Crippen LogP contribution in [0.5, 0.6) is 17.2 Å². The number of hydrogen-bond acceptors (Lipinski definition) is 9. The fraction of sp³-hybridized carbons (Fsp3) is 0.310. The largest absolute Gasteiger partial charge is 0.492 e. The lowest BCUT2D eigenvalue weighted by molar-refractivity contribution is -0.384. The summed E-state index contributed by atoms with van der Waals surface area (Å²) in [6.45, 7) is 6.52. The summed E-state index contributed by atoms with van der Waals surface area (Å²) < 4.78 is 11.5. The van der Waals surface area contributed by atoms with Crippen molar-refractivity contribution in [3.8, 4) is 17.2 Å². The second-order valence-electron chi connectivity index (χ2n) is 9.50. The fourth-order valence-corrected chi connectivity index (χ4v) is 4.85. The van der Waals surface area contributed by atoms with E-state index in [2.05, 4.69) is 4.90 Å². The molecule has 1 atom stereocenters. The number of rotatable bonds is 9. The van der Waals surface area contributed by atoms with Gasteiger partial charge in [0.05, 0.1) is 17.6 Å². The zero-order valence-electron chi connectivity index (χ0n) is 22.7. The van der Waals surface area contributed by atoms with Gasteiger partial charge in [-0.15, -0.1) is 0 Å². The van der Waals surface area contributed by atoms with E-state index in [0.717, 1.165) is 0 Å². The molecule has 0 saturated carbocycles. The third-order valence-corrected chi connectivity index (χ3v) is 7.19. The van der Waals surface area contributed by atoms with E-state index >= 15 is 0 Å². The average molecular weight is 580 g/mol. The second kappa shape index (κ2) is 12.4. The summed E-state index contributed by atoms with van der Waals surface area (Å²) in [6.07, 6.45) is 0. The number of carbonyl (C=O) groups is 1. The molecule has 5 rings (SSSR count). The molecule has 0 radical (unpaired) electrons. The van der Waals surface area contributed by atoms with Crippen LogP contribution in [0.1, 0.15) is 13.8 Å². The van der Waals surface area contributed by atoms with E-state index in [1.165, 1.54) is 12.1 Å². The predicted molar refractivity (Wildman–Crippen MR) is 155 cm³/mol. The number of amides is 1. The number of fused-ring (bicyclic) bond motifs is 1. The van der Waals surface area contributed by atoms with Crippen LogP contribution >= 0.6 is 11.6 Å². The molecular formula is C29H30ClN5O6.